The molecule has 1 heterocycles. The monoisotopic (exact) mass is 435 g/mol. The smallest absolute Gasteiger partial charge is 0.254 e. The number of rotatable bonds is 6. The van der Waals surface area contributed by atoms with Gasteiger partial charge in [0, 0.05) is 24.2 Å². The molecule has 1 aliphatic rings. The van der Waals surface area contributed by atoms with E-state index < -0.39 is 0 Å². The number of fused-ring (bicyclic) bond motifs is 1. The highest BCUT2D eigenvalue weighted by atomic mass is 79.9. The highest BCUT2D eigenvalue weighted by Crippen LogP contribution is 2.37. The normalized spacial score (nSPS) is 12.4. The van der Waals surface area contributed by atoms with E-state index in [-0.39, 0.29) is 5.91 Å². The second kappa shape index (κ2) is 8.52. The molecule has 0 fully saturated rings. The lowest BCUT2D eigenvalue weighted by atomic mass is 10.1. The molecule has 1 amide bonds. The minimum atomic E-state index is -0.115. The van der Waals surface area contributed by atoms with Crippen molar-refractivity contribution in [2.75, 3.05) is 34.0 Å². The van der Waals surface area contributed by atoms with E-state index >= 15 is 0 Å². The Morgan fingerprint density at radius 1 is 1.15 bits per heavy atom. The van der Waals surface area contributed by atoms with Crippen molar-refractivity contribution in [3.63, 3.8) is 0 Å². The number of methoxy groups -OCH3 is 2. The quantitative estimate of drug-likeness (QED) is 0.688. The van der Waals surface area contributed by atoms with Gasteiger partial charge in [-0.2, -0.15) is 0 Å². The molecule has 7 heteroatoms. The van der Waals surface area contributed by atoms with Crippen LogP contribution in [0.5, 0.6) is 23.0 Å². The van der Waals surface area contributed by atoms with Crippen molar-refractivity contribution >= 4 is 21.8 Å². The van der Waals surface area contributed by atoms with Gasteiger partial charge in [0.1, 0.15) is 29.2 Å². The minimum absolute atomic E-state index is 0.115. The van der Waals surface area contributed by atoms with E-state index in [9.17, 15) is 4.79 Å². The summed E-state index contributed by atoms with van der Waals surface area (Å²) >= 11 is 3.43. The maximum absolute atomic E-state index is 13.1. The van der Waals surface area contributed by atoms with Crippen LogP contribution < -0.4 is 18.9 Å². The van der Waals surface area contributed by atoms with E-state index in [2.05, 4.69) is 15.9 Å². The van der Waals surface area contributed by atoms with E-state index in [4.69, 9.17) is 18.9 Å². The Labute approximate surface area is 167 Å². The van der Waals surface area contributed by atoms with Gasteiger partial charge in [-0.05, 0) is 41.1 Å². The molecule has 0 N–H and O–H groups in total. The maximum Gasteiger partial charge on any atom is 0.254 e. The predicted octanol–water partition coefficient (Wildman–Crippen LogP) is 3.90. The lowest BCUT2D eigenvalue weighted by Gasteiger charge is -2.25. The fourth-order valence-electron chi connectivity index (χ4n) is 2.97. The molecule has 0 saturated carbocycles. The van der Waals surface area contributed by atoms with Gasteiger partial charge in [-0.1, -0.05) is 12.1 Å². The van der Waals surface area contributed by atoms with Crippen molar-refractivity contribution in [2.24, 2.45) is 0 Å². The van der Waals surface area contributed by atoms with Crippen LogP contribution in [0.2, 0.25) is 0 Å². The fourth-order valence-corrected chi connectivity index (χ4v) is 3.52. The van der Waals surface area contributed by atoms with Crippen LogP contribution in [0.25, 0.3) is 0 Å². The molecule has 6 nitrogen and oxygen atoms in total. The van der Waals surface area contributed by atoms with Gasteiger partial charge in [-0.15, -0.1) is 0 Å². The first-order chi connectivity index (χ1) is 13.1. The summed E-state index contributed by atoms with van der Waals surface area (Å²) in [6.07, 6.45) is 0. The number of nitrogens with zero attached hydrogens (tertiary/aromatic N) is 1. The third-order valence-corrected chi connectivity index (χ3v) is 5.15. The molecule has 0 atom stereocenters. The van der Waals surface area contributed by atoms with Crippen LogP contribution in [0.3, 0.4) is 0 Å². The molecule has 27 heavy (non-hydrogen) atoms. The topological polar surface area (TPSA) is 57.2 Å². The molecule has 144 valence electrons. The van der Waals surface area contributed by atoms with E-state index in [1.54, 1.807) is 31.3 Å². The number of carbonyl (C=O) groups excluding carboxylic acids is 1. The first-order valence-electron chi connectivity index (χ1n) is 8.67. The highest BCUT2D eigenvalue weighted by molar-refractivity contribution is 9.10. The SMILES string of the molecule is CCN(Cc1cccc2c1OCCO2)C(=O)c1cc(OC)c(Br)c(OC)c1. The summed E-state index contributed by atoms with van der Waals surface area (Å²) in [4.78, 5) is 14.9. The minimum Gasteiger partial charge on any atom is -0.495 e. The number of para-hydroxylation sites is 1. The standard InChI is InChI=1S/C20H22BrNO5/c1-4-22(12-13-6-5-7-15-19(13)27-9-8-26-15)20(23)14-10-16(24-2)18(21)17(11-14)25-3/h5-7,10-11H,4,8-9,12H2,1-3H3. The summed E-state index contributed by atoms with van der Waals surface area (Å²) in [5.41, 5.74) is 1.41. The summed E-state index contributed by atoms with van der Waals surface area (Å²) in [6, 6.07) is 9.15. The van der Waals surface area contributed by atoms with Crippen molar-refractivity contribution < 1.29 is 23.7 Å². The van der Waals surface area contributed by atoms with E-state index in [1.165, 1.54) is 0 Å². The molecule has 2 aromatic rings. The zero-order valence-electron chi connectivity index (χ0n) is 15.6. The van der Waals surface area contributed by atoms with Gasteiger partial charge in [-0.3, -0.25) is 4.79 Å². The molecular weight excluding hydrogens is 414 g/mol. The lowest BCUT2D eigenvalue weighted by molar-refractivity contribution is 0.0748. The predicted molar refractivity (Wildman–Crippen MR) is 105 cm³/mol. The Morgan fingerprint density at radius 2 is 1.81 bits per heavy atom. The number of hydrogen-bond acceptors (Lipinski definition) is 5. The summed E-state index contributed by atoms with van der Waals surface area (Å²) in [5, 5.41) is 0. The molecule has 0 radical (unpaired) electrons. The van der Waals surface area contributed by atoms with Crippen LogP contribution >= 0.6 is 15.9 Å². The number of halogens is 1. The van der Waals surface area contributed by atoms with E-state index in [1.807, 2.05) is 25.1 Å². The van der Waals surface area contributed by atoms with Gasteiger partial charge in [0.15, 0.2) is 11.5 Å². The van der Waals surface area contributed by atoms with Crippen molar-refractivity contribution in [1.82, 2.24) is 4.90 Å². The van der Waals surface area contributed by atoms with E-state index in [0.717, 1.165) is 5.56 Å². The van der Waals surface area contributed by atoms with Gasteiger partial charge >= 0.3 is 0 Å². The third-order valence-electron chi connectivity index (χ3n) is 4.37. The van der Waals surface area contributed by atoms with Gasteiger partial charge in [0.25, 0.3) is 5.91 Å². The Hall–Kier alpha value is -2.41. The van der Waals surface area contributed by atoms with E-state index in [0.29, 0.717) is 59.3 Å². The molecule has 2 aromatic carbocycles. The fraction of sp³-hybridized carbons (Fsp3) is 0.350. The second-order valence-electron chi connectivity index (χ2n) is 5.96. The average Bonchev–Trinajstić information content (AvgIpc) is 2.71. The van der Waals surface area contributed by atoms with Crippen molar-refractivity contribution in [2.45, 2.75) is 13.5 Å². The average molecular weight is 436 g/mol. The number of ether oxygens (including phenoxy) is 4. The van der Waals surface area contributed by atoms with Crippen molar-refractivity contribution in [1.29, 1.82) is 0 Å². The Morgan fingerprint density at radius 3 is 2.44 bits per heavy atom. The number of hydrogen-bond donors (Lipinski definition) is 0. The summed E-state index contributed by atoms with van der Waals surface area (Å²) in [5.74, 6) is 2.40. The zero-order valence-corrected chi connectivity index (χ0v) is 17.2. The Kier molecular flexibility index (Phi) is 6.11. The van der Waals surface area contributed by atoms with Crippen LogP contribution in [0.1, 0.15) is 22.8 Å². The van der Waals surface area contributed by atoms with Crippen molar-refractivity contribution in [3.05, 3.63) is 45.9 Å². The maximum atomic E-state index is 13.1. The van der Waals surface area contributed by atoms with Crippen LogP contribution in [-0.2, 0) is 6.54 Å². The molecule has 0 saturated heterocycles. The first kappa shape index (κ1) is 19.4. The highest BCUT2D eigenvalue weighted by Gasteiger charge is 2.22. The lowest BCUT2D eigenvalue weighted by Crippen LogP contribution is -2.31. The Bertz CT molecular complexity index is 814. The molecule has 0 unspecified atom stereocenters. The van der Waals surface area contributed by atoms with Crippen molar-refractivity contribution in [3.8, 4) is 23.0 Å². The number of benzene rings is 2. The van der Waals surface area contributed by atoms with Gasteiger partial charge in [0.2, 0.25) is 0 Å². The Balaban J connectivity index is 1.89. The van der Waals surface area contributed by atoms with Gasteiger partial charge in [0.05, 0.1) is 14.2 Å². The zero-order chi connectivity index (χ0) is 19.4. The van der Waals surface area contributed by atoms with Gasteiger partial charge in [-0.25, -0.2) is 0 Å². The third kappa shape index (κ3) is 3.98. The molecular formula is C20H22BrNO5. The van der Waals surface area contributed by atoms with Crippen LogP contribution in [-0.4, -0.2) is 44.8 Å². The molecule has 0 aromatic heterocycles. The van der Waals surface area contributed by atoms with Crippen LogP contribution in [0, 0.1) is 0 Å². The van der Waals surface area contributed by atoms with Gasteiger partial charge < -0.3 is 23.8 Å². The molecule has 0 bridgehead atoms. The second-order valence-corrected chi connectivity index (χ2v) is 6.75. The van der Waals surface area contributed by atoms with Crippen LogP contribution in [0.15, 0.2) is 34.8 Å². The first-order valence-corrected chi connectivity index (χ1v) is 9.46. The number of amides is 1. The van der Waals surface area contributed by atoms with Crippen LogP contribution in [0.4, 0.5) is 0 Å². The molecule has 3 rings (SSSR count). The largest absolute Gasteiger partial charge is 0.495 e. The summed E-state index contributed by atoms with van der Waals surface area (Å²) in [6.45, 7) is 3.95. The summed E-state index contributed by atoms with van der Waals surface area (Å²) < 4.78 is 22.8. The summed E-state index contributed by atoms with van der Waals surface area (Å²) in [7, 11) is 3.11. The molecule has 0 spiro atoms. The molecule has 0 aliphatic carbocycles. The number of carbonyl (C=O) groups is 1. The molecule has 1 aliphatic heterocycles.